The van der Waals surface area contributed by atoms with E-state index >= 15 is 0 Å². The molecule has 0 spiro atoms. The Morgan fingerprint density at radius 2 is 1.89 bits per heavy atom. The maximum absolute atomic E-state index is 12.8. The number of aryl methyl sites for hydroxylation is 2. The van der Waals surface area contributed by atoms with Crippen LogP contribution in [0.25, 0.3) is 0 Å². The fourth-order valence-corrected chi connectivity index (χ4v) is 4.70. The van der Waals surface area contributed by atoms with Crippen molar-refractivity contribution in [1.82, 2.24) is 5.32 Å². The summed E-state index contributed by atoms with van der Waals surface area (Å²) in [5.74, 6) is 0.395. The Morgan fingerprint density at radius 3 is 2.56 bits per heavy atom. The number of carbonyl (C=O) groups excluding carboxylic acids is 2. The summed E-state index contributed by atoms with van der Waals surface area (Å²) in [7, 11) is 1.60. The molecule has 1 heterocycles. The van der Waals surface area contributed by atoms with Crippen LogP contribution < -0.4 is 10.6 Å². The van der Waals surface area contributed by atoms with E-state index in [1.54, 1.807) is 30.5 Å². The Labute approximate surface area is 165 Å². The Kier molecular flexibility index (Phi) is 5.43. The average molecular weight is 385 g/mol. The molecular weight excluding hydrogens is 356 g/mol. The van der Waals surface area contributed by atoms with Gasteiger partial charge in [0, 0.05) is 23.2 Å². The molecule has 0 saturated heterocycles. The monoisotopic (exact) mass is 384 g/mol. The maximum atomic E-state index is 12.8. The number of rotatable bonds is 3. The second kappa shape index (κ2) is 7.47. The Hall–Kier alpha value is -2.14. The molecular formula is C22H28N2O2S. The highest BCUT2D eigenvalue weighted by molar-refractivity contribution is 7.14. The molecule has 3 rings (SSSR count). The number of carbonyl (C=O) groups is 2. The maximum Gasteiger partial charge on any atom is 0.265 e. The van der Waals surface area contributed by atoms with Crippen LogP contribution in [0, 0.1) is 18.3 Å². The number of anilines is 1. The van der Waals surface area contributed by atoms with Crippen LogP contribution in [0.15, 0.2) is 24.3 Å². The van der Waals surface area contributed by atoms with E-state index in [0.717, 1.165) is 23.3 Å². The van der Waals surface area contributed by atoms with Gasteiger partial charge in [-0.2, -0.15) is 0 Å². The van der Waals surface area contributed by atoms with Crippen LogP contribution in [0.4, 0.5) is 5.69 Å². The van der Waals surface area contributed by atoms with Gasteiger partial charge in [0.2, 0.25) is 0 Å². The molecule has 1 aromatic carbocycles. The lowest BCUT2D eigenvalue weighted by Gasteiger charge is -2.33. The standard InChI is InChI=1S/C22H28N2O2S/c1-13-6-7-14(20(25)23-5)11-17(13)24-21(26)19-12-15-10-16(22(2,3)4)8-9-18(15)27-19/h6-7,11-12,16H,8-10H2,1-5H3,(H,23,25)(H,24,26)/t16-/m0/s1. The van der Waals surface area contributed by atoms with Crippen molar-refractivity contribution in [3.8, 4) is 0 Å². The number of hydrogen-bond donors (Lipinski definition) is 2. The minimum absolute atomic E-state index is 0.0983. The molecule has 0 bridgehead atoms. The number of amides is 2. The largest absolute Gasteiger partial charge is 0.355 e. The first-order valence-corrected chi connectivity index (χ1v) is 10.3. The Bertz CT molecular complexity index is 877. The molecule has 144 valence electrons. The third-order valence-corrected chi connectivity index (χ3v) is 6.74. The topological polar surface area (TPSA) is 58.2 Å². The smallest absolute Gasteiger partial charge is 0.265 e. The first-order valence-electron chi connectivity index (χ1n) is 9.44. The van der Waals surface area contributed by atoms with Crippen LogP contribution in [0.5, 0.6) is 0 Å². The average Bonchev–Trinajstić information content (AvgIpc) is 3.05. The van der Waals surface area contributed by atoms with Crippen LogP contribution in [-0.4, -0.2) is 18.9 Å². The minimum atomic E-state index is -0.162. The summed E-state index contributed by atoms with van der Waals surface area (Å²) in [6.45, 7) is 8.82. The highest BCUT2D eigenvalue weighted by Crippen LogP contribution is 2.40. The lowest BCUT2D eigenvalue weighted by atomic mass is 9.72. The third-order valence-electron chi connectivity index (χ3n) is 5.51. The number of thiophene rings is 1. The fraction of sp³-hybridized carbons (Fsp3) is 0.455. The van der Waals surface area contributed by atoms with E-state index in [-0.39, 0.29) is 11.8 Å². The number of nitrogens with one attached hydrogen (secondary N) is 2. The second-order valence-electron chi connectivity index (χ2n) is 8.43. The molecule has 27 heavy (non-hydrogen) atoms. The zero-order valence-corrected chi connectivity index (χ0v) is 17.5. The van der Waals surface area contributed by atoms with Crippen molar-refractivity contribution in [2.75, 3.05) is 12.4 Å². The van der Waals surface area contributed by atoms with Crippen LogP contribution in [-0.2, 0) is 12.8 Å². The summed E-state index contributed by atoms with van der Waals surface area (Å²) in [5, 5.41) is 5.60. The van der Waals surface area contributed by atoms with E-state index in [9.17, 15) is 9.59 Å². The summed E-state index contributed by atoms with van der Waals surface area (Å²) < 4.78 is 0. The highest BCUT2D eigenvalue weighted by Gasteiger charge is 2.30. The zero-order chi connectivity index (χ0) is 19.8. The molecule has 1 aliphatic rings. The molecule has 2 aromatic rings. The van der Waals surface area contributed by atoms with Crippen molar-refractivity contribution in [1.29, 1.82) is 0 Å². The summed E-state index contributed by atoms with van der Waals surface area (Å²) >= 11 is 1.60. The first kappa shape index (κ1) is 19.6. The van der Waals surface area contributed by atoms with Crippen molar-refractivity contribution in [2.45, 2.75) is 47.0 Å². The molecule has 0 radical (unpaired) electrons. The van der Waals surface area contributed by atoms with Crippen LogP contribution >= 0.6 is 11.3 Å². The van der Waals surface area contributed by atoms with Crippen molar-refractivity contribution < 1.29 is 9.59 Å². The van der Waals surface area contributed by atoms with E-state index in [0.29, 0.717) is 22.6 Å². The van der Waals surface area contributed by atoms with Gasteiger partial charge in [-0.25, -0.2) is 0 Å². The van der Waals surface area contributed by atoms with Crippen molar-refractivity contribution >= 4 is 28.8 Å². The van der Waals surface area contributed by atoms with Crippen LogP contribution in [0.1, 0.15) is 63.2 Å². The molecule has 1 aromatic heterocycles. The van der Waals surface area contributed by atoms with E-state index in [4.69, 9.17) is 0 Å². The van der Waals surface area contributed by atoms with Gasteiger partial charge in [-0.05, 0) is 66.8 Å². The molecule has 4 nitrogen and oxygen atoms in total. The summed E-state index contributed by atoms with van der Waals surface area (Å²) in [5.41, 5.74) is 3.77. The van der Waals surface area contributed by atoms with Crippen molar-refractivity contribution in [3.05, 3.63) is 50.7 Å². The zero-order valence-electron chi connectivity index (χ0n) is 16.7. The number of fused-ring (bicyclic) bond motifs is 1. The highest BCUT2D eigenvalue weighted by atomic mass is 32.1. The first-order chi connectivity index (χ1) is 12.7. The normalized spacial score (nSPS) is 16.6. The third kappa shape index (κ3) is 4.24. The van der Waals surface area contributed by atoms with E-state index < -0.39 is 0 Å². The fourth-order valence-electron chi connectivity index (χ4n) is 3.60. The Balaban J connectivity index is 1.79. The molecule has 0 fully saturated rings. The van der Waals surface area contributed by atoms with Gasteiger partial charge in [0.05, 0.1) is 4.88 Å². The predicted molar refractivity (Wildman–Crippen MR) is 112 cm³/mol. The molecule has 1 aliphatic carbocycles. The lowest BCUT2D eigenvalue weighted by Crippen LogP contribution is -2.26. The Morgan fingerprint density at radius 1 is 1.15 bits per heavy atom. The molecule has 2 N–H and O–H groups in total. The molecule has 2 amide bonds. The summed E-state index contributed by atoms with van der Waals surface area (Å²) in [4.78, 5) is 26.8. The molecule has 0 unspecified atom stereocenters. The van der Waals surface area contributed by atoms with Crippen molar-refractivity contribution in [3.63, 3.8) is 0 Å². The van der Waals surface area contributed by atoms with Crippen molar-refractivity contribution in [2.24, 2.45) is 11.3 Å². The molecule has 0 saturated carbocycles. The van der Waals surface area contributed by atoms with E-state index in [2.05, 4.69) is 37.5 Å². The molecule has 5 heteroatoms. The van der Waals surface area contributed by atoms with Gasteiger partial charge in [-0.3, -0.25) is 9.59 Å². The second-order valence-corrected chi connectivity index (χ2v) is 9.56. The van der Waals surface area contributed by atoms with E-state index in [1.165, 1.54) is 16.9 Å². The van der Waals surface area contributed by atoms with Crippen LogP contribution in [0.3, 0.4) is 0 Å². The number of benzene rings is 1. The summed E-state index contributed by atoms with van der Waals surface area (Å²) in [6.07, 6.45) is 3.29. The van der Waals surface area contributed by atoms with Gasteiger partial charge in [0.15, 0.2) is 0 Å². The van der Waals surface area contributed by atoms with Gasteiger partial charge in [-0.15, -0.1) is 11.3 Å². The lowest BCUT2D eigenvalue weighted by molar-refractivity contribution is 0.0961. The van der Waals surface area contributed by atoms with Gasteiger partial charge >= 0.3 is 0 Å². The van der Waals surface area contributed by atoms with E-state index in [1.807, 2.05) is 13.0 Å². The van der Waals surface area contributed by atoms with Gasteiger partial charge in [-0.1, -0.05) is 26.8 Å². The molecule has 0 aliphatic heterocycles. The quantitative estimate of drug-likeness (QED) is 0.797. The SMILES string of the molecule is CNC(=O)c1ccc(C)c(NC(=O)c2cc3c(s2)CC[C@H](C(C)(C)C)C3)c1. The molecule has 1 atom stereocenters. The minimum Gasteiger partial charge on any atom is -0.355 e. The number of hydrogen-bond acceptors (Lipinski definition) is 3. The van der Waals surface area contributed by atoms with Gasteiger partial charge in [0.1, 0.15) is 0 Å². The predicted octanol–water partition coefficient (Wildman–Crippen LogP) is 4.82. The summed E-state index contributed by atoms with van der Waals surface area (Å²) in [6, 6.07) is 7.41. The van der Waals surface area contributed by atoms with Gasteiger partial charge < -0.3 is 10.6 Å². The van der Waals surface area contributed by atoms with Crippen LogP contribution in [0.2, 0.25) is 0 Å². The van der Waals surface area contributed by atoms with Gasteiger partial charge in [0.25, 0.3) is 11.8 Å².